The van der Waals surface area contributed by atoms with E-state index in [0.29, 0.717) is 11.8 Å². The Balaban J connectivity index is 2.40. The van der Waals surface area contributed by atoms with E-state index in [2.05, 4.69) is 18.0 Å². The van der Waals surface area contributed by atoms with Gasteiger partial charge in [-0.05, 0) is 42.0 Å². The smallest absolute Gasteiger partial charge is 0.0302 e. The maximum absolute atomic E-state index is 5.72. The van der Waals surface area contributed by atoms with Crippen LogP contribution in [0.5, 0.6) is 0 Å². The quantitative estimate of drug-likeness (QED) is 0.676. The van der Waals surface area contributed by atoms with E-state index in [0.717, 1.165) is 13.0 Å². The molecule has 64 valence electrons. The minimum Gasteiger partial charge on any atom is -0.330 e. The molecule has 1 aromatic heterocycles. The molecular weight excluding hydrogens is 148 g/mol. The van der Waals surface area contributed by atoms with Gasteiger partial charge in [-0.2, -0.15) is 0 Å². The van der Waals surface area contributed by atoms with Crippen molar-refractivity contribution in [3.63, 3.8) is 0 Å². The summed E-state index contributed by atoms with van der Waals surface area (Å²) in [6.07, 6.45) is 4.98. The van der Waals surface area contributed by atoms with Gasteiger partial charge >= 0.3 is 0 Å². The van der Waals surface area contributed by atoms with Gasteiger partial charge in [-0.25, -0.2) is 0 Å². The fourth-order valence-corrected chi connectivity index (χ4v) is 2.13. The van der Waals surface area contributed by atoms with Gasteiger partial charge in [0.2, 0.25) is 0 Å². The number of hydrogen-bond acceptors (Lipinski definition) is 2. The summed E-state index contributed by atoms with van der Waals surface area (Å²) in [7, 11) is 0. The number of pyridine rings is 1. The minimum atomic E-state index is 0.558. The molecule has 1 heterocycles. The van der Waals surface area contributed by atoms with E-state index in [-0.39, 0.29) is 0 Å². The number of rotatable bonds is 1. The van der Waals surface area contributed by atoms with Gasteiger partial charge in [0.05, 0.1) is 0 Å². The van der Waals surface area contributed by atoms with Gasteiger partial charge in [-0.1, -0.05) is 6.92 Å². The molecule has 2 N–H and O–H groups in total. The predicted octanol–water partition coefficient (Wildman–Crippen LogP) is 1.32. The van der Waals surface area contributed by atoms with Crippen molar-refractivity contribution in [3.05, 3.63) is 29.6 Å². The molecule has 2 atom stereocenters. The lowest BCUT2D eigenvalue weighted by atomic mass is 9.95. The number of aromatic nitrogens is 1. The lowest BCUT2D eigenvalue weighted by Crippen LogP contribution is -2.15. The fourth-order valence-electron chi connectivity index (χ4n) is 2.13. The molecule has 0 amide bonds. The van der Waals surface area contributed by atoms with Crippen molar-refractivity contribution < 1.29 is 0 Å². The molecule has 12 heavy (non-hydrogen) atoms. The number of nitrogens with two attached hydrogens (primary N) is 1. The minimum absolute atomic E-state index is 0.558. The Labute approximate surface area is 72.8 Å². The first-order chi connectivity index (χ1) is 5.83. The van der Waals surface area contributed by atoms with Crippen LogP contribution in [0.15, 0.2) is 18.5 Å². The first-order valence-electron chi connectivity index (χ1n) is 4.45. The lowest BCUT2D eigenvalue weighted by Gasteiger charge is -2.12. The normalized spacial score (nSPS) is 27.2. The zero-order chi connectivity index (χ0) is 8.55. The molecule has 0 bridgehead atoms. The molecule has 2 nitrogen and oxygen atoms in total. The monoisotopic (exact) mass is 162 g/mol. The number of hydrogen-bond donors (Lipinski definition) is 1. The molecule has 2 heteroatoms. The zero-order valence-corrected chi connectivity index (χ0v) is 7.33. The Morgan fingerprint density at radius 3 is 3.25 bits per heavy atom. The summed E-state index contributed by atoms with van der Waals surface area (Å²) in [6, 6.07) is 2.11. The highest BCUT2D eigenvalue weighted by Gasteiger charge is 2.27. The molecule has 1 aliphatic carbocycles. The van der Waals surface area contributed by atoms with E-state index in [1.807, 2.05) is 12.4 Å². The van der Waals surface area contributed by atoms with Crippen LogP contribution in [0.2, 0.25) is 0 Å². The molecule has 0 radical (unpaired) electrons. The summed E-state index contributed by atoms with van der Waals surface area (Å²) < 4.78 is 0. The van der Waals surface area contributed by atoms with Crippen molar-refractivity contribution in [1.82, 2.24) is 4.98 Å². The predicted molar refractivity (Wildman–Crippen MR) is 48.9 cm³/mol. The highest BCUT2D eigenvalue weighted by Crippen LogP contribution is 2.35. The third-order valence-electron chi connectivity index (χ3n) is 2.82. The summed E-state index contributed by atoms with van der Waals surface area (Å²) in [6.45, 7) is 3.02. The third kappa shape index (κ3) is 1.03. The Kier molecular flexibility index (Phi) is 1.85. The van der Waals surface area contributed by atoms with Crippen molar-refractivity contribution in [2.45, 2.75) is 19.3 Å². The van der Waals surface area contributed by atoms with Crippen LogP contribution in [0.3, 0.4) is 0 Å². The second-order valence-electron chi connectivity index (χ2n) is 3.60. The summed E-state index contributed by atoms with van der Waals surface area (Å²) in [4.78, 5) is 4.12. The van der Waals surface area contributed by atoms with Crippen molar-refractivity contribution in [2.24, 2.45) is 11.7 Å². The average Bonchev–Trinajstić information content (AvgIpc) is 2.40. The van der Waals surface area contributed by atoms with Crippen molar-refractivity contribution in [2.75, 3.05) is 6.54 Å². The molecule has 0 saturated carbocycles. The topological polar surface area (TPSA) is 38.9 Å². The fraction of sp³-hybridized carbons (Fsp3) is 0.500. The Hall–Kier alpha value is -0.890. The van der Waals surface area contributed by atoms with Gasteiger partial charge in [-0.15, -0.1) is 0 Å². The third-order valence-corrected chi connectivity index (χ3v) is 2.82. The SMILES string of the molecule is CC1Cc2cnccc2C1CN. The molecule has 1 aliphatic rings. The molecule has 1 aromatic rings. The van der Waals surface area contributed by atoms with Crippen LogP contribution in [0.4, 0.5) is 0 Å². The van der Waals surface area contributed by atoms with E-state index >= 15 is 0 Å². The van der Waals surface area contributed by atoms with Crippen LogP contribution in [-0.4, -0.2) is 11.5 Å². The highest BCUT2D eigenvalue weighted by molar-refractivity contribution is 5.33. The first-order valence-corrected chi connectivity index (χ1v) is 4.45. The lowest BCUT2D eigenvalue weighted by molar-refractivity contribution is 0.506. The van der Waals surface area contributed by atoms with Crippen LogP contribution in [0, 0.1) is 5.92 Å². The van der Waals surface area contributed by atoms with Gasteiger partial charge in [-0.3, -0.25) is 4.98 Å². The second-order valence-corrected chi connectivity index (χ2v) is 3.60. The van der Waals surface area contributed by atoms with Gasteiger partial charge in [0.1, 0.15) is 0 Å². The van der Waals surface area contributed by atoms with Gasteiger partial charge in [0.15, 0.2) is 0 Å². The Morgan fingerprint density at radius 1 is 1.67 bits per heavy atom. The number of fused-ring (bicyclic) bond motifs is 1. The maximum atomic E-state index is 5.72. The molecule has 0 spiro atoms. The standard InChI is InChI=1S/C10H14N2/c1-7-4-8-6-12-3-2-9(8)10(7)5-11/h2-3,6-7,10H,4-5,11H2,1H3. The highest BCUT2D eigenvalue weighted by atomic mass is 14.6. The summed E-state index contributed by atoms with van der Waals surface area (Å²) in [5.41, 5.74) is 8.52. The Bertz CT molecular complexity index is 283. The van der Waals surface area contributed by atoms with Gasteiger partial charge in [0.25, 0.3) is 0 Å². The van der Waals surface area contributed by atoms with Crippen molar-refractivity contribution >= 4 is 0 Å². The van der Waals surface area contributed by atoms with Crippen LogP contribution >= 0.6 is 0 Å². The summed E-state index contributed by atoms with van der Waals surface area (Å²) in [5, 5.41) is 0. The average molecular weight is 162 g/mol. The first kappa shape index (κ1) is 7.74. The van der Waals surface area contributed by atoms with Crippen LogP contribution < -0.4 is 5.73 Å². The summed E-state index contributed by atoms with van der Waals surface area (Å²) >= 11 is 0. The zero-order valence-electron chi connectivity index (χ0n) is 7.33. The van der Waals surface area contributed by atoms with Crippen LogP contribution in [0.1, 0.15) is 24.0 Å². The number of nitrogens with zero attached hydrogens (tertiary/aromatic N) is 1. The van der Waals surface area contributed by atoms with E-state index in [9.17, 15) is 0 Å². The maximum Gasteiger partial charge on any atom is 0.0302 e. The largest absolute Gasteiger partial charge is 0.330 e. The van der Waals surface area contributed by atoms with Crippen LogP contribution in [-0.2, 0) is 6.42 Å². The molecule has 0 aromatic carbocycles. The van der Waals surface area contributed by atoms with Gasteiger partial charge < -0.3 is 5.73 Å². The van der Waals surface area contributed by atoms with E-state index in [1.54, 1.807) is 0 Å². The second kappa shape index (κ2) is 2.87. The van der Waals surface area contributed by atoms with E-state index < -0.39 is 0 Å². The summed E-state index contributed by atoms with van der Waals surface area (Å²) in [5.74, 6) is 1.25. The molecule has 2 rings (SSSR count). The molecule has 0 aliphatic heterocycles. The molecular formula is C10H14N2. The molecule has 0 saturated heterocycles. The van der Waals surface area contributed by atoms with Gasteiger partial charge in [0, 0.05) is 12.4 Å². The molecule has 0 fully saturated rings. The Morgan fingerprint density at radius 2 is 2.50 bits per heavy atom. The van der Waals surface area contributed by atoms with E-state index in [1.165, 1.54) is 11.1 Å². The van der Waals surface area contributed by atoms with E-state index in [4.69, 9.17) is 5.73 Å². The molecule has 2 unspecified atom stereocenters. The van der Waals surface area contributed by atoms with Crippen molar-refractivity contribution in [3.8, 4) is 0 Å². The van der Waals surface area contributed by atoms with Crippen LogP contribution in [0.25, 0.3) is 0 Å². The van der Waals surface area contributed by atoms with Crippen molar-refractivity contribution in [1.29, 1.82) is 0 Å².